The van der Waals surface area contributed by atoms with Gasteiger partial charge >= 0.3 is 17.6 Å². The van der Waals surface area contributed by atoms with Crippen LogP contribution in [-0.2, 0) is 22.5 Å². The number of benzene rings is 2. The first-order valence-electron chi connectivity index (χ1n) is 22.0. The van der Waals surface area contributed by atoms with E-state index >= 15 is 4.39 Å². The van der Waals surface area contributed by atoms with Gasteiger partial charge in [0.1, 0.15) is 39.7 Å². The first-order chi connectivity index (χ1) is 31.6. The van der Waals surface area contributed by atoms with E-state index in [0.29, 0.717) is 67.1 Å². The van der Waals surface area contributed by atoms with Crippen LogP contribution in [-0.4, -0.2) is 88.3 Å². The first kappa shape index (κ1) is 47.4. The van der Waals surface area contributed by atoms with Gasteiger partial charge < -0.3 is 49.4 Å². The maximum Gasteiger partial charge on any atom is 0.347 e. The summed E-state index contributed by atoms with van der Waals surface area (Å²) < 4.78 is 53.4. The number of piperazine rings is 1. The van der Waals surface area contributed by atoms with Crippen LogP contribution in [0.5, 0.6) is 11.5 Å². The maximum absolute atomic E-state index is 15.2. The van der Waals surface area contributed by atoms with Gasteiger partial charge in [0, 0.05) is 57.1 Å². The summed E-state index contributed by atoms with van der Waals surface area (Å²) in [4.78, 5) is 60.1. The van der Waals surface area contributed by atoms with E-state index in [4.69, 9.17) is 34.6 Å². The Bertz CT molecular complexity index is 2800. The number of Topliss-reactive ketones (excluding diaryl/α,β-unsaturated/α-hetero) is 1. The predicted octanol–water partition coefficient (Wildman–Crippen LogP) is 6.16. The third-order valence-electron chi connectivity index (χ3n) is 12.7. The summed E-state index contributed by atoms with van der Waals surface area (Å²) in [6, 6.07) is 2.79. The van der Waals surface area contributed by atoms with Crippen molar-refractivity contribution in [3.8, 4) is 11.5 Å². The molecule has 19 heteroatoms. The second kappa shape index (κ2) is 19.9. The van der Waals surface area contributed by atoms with Gasteiger partial charge in [-0.25, -0.2) is 18.4 Å². The lowest BCUT2D eigenvalue weighted by Gasteiger charge is -2.34. The van der Waals surface area contributed by atoms with Crippen molar-refractivity contribution in [3.63, 3.8) is 0 Å². The number of hydrogen-bond acceptors (Lipinski definition) is 13. The number of fused-ring (bicyclic) bond motifs is 8. The number of aromatic nitrogens is 3. The maximum atomic E-state index is 15.2. The van der Waals surface area contributed by atoms with Crippen LogP contribution in [0.2, 0.25) is 0 Å². The molecule has 1 saturated carbocycles. The predicted molar refractivity (Wildman–Crippen MR) is 240 cm³/mol. The van der Waals surface area contributed by atoms with Crippen molar-refractivity contribution < 1.29 is 52.0 Å². The minimum Gasteiger partial charge on any atom is -0.496 e. The van der Waals surface area contributed by atoms with E-state index in [9.17, 15) is 28.4 Å². The Morgan fingerprint density at radius 3 is 2.47 bits per heavy atom. The summed E-state index contributed by atoms with van der Waals surface area (Å²) >= 11 is 0. The number of aryl methyl sites for hydroxylation is 3. The van der Waals surface area contributed by atoms with Gasteiger partial charge in [0.25, 0.3) is 6.29 Å². The van der Waals surface area contributed by atoms with Crippen LogP contribution in [0.1, 0.15) is 102 Å². The lowest BCUT2D eigenvalue weighted by Crippen LogP contribution is -2.49. The van der Waals surface area contributed by atoms with Gasteiger partial charge in [-0.05, 0) is 75.3 Å². The van der Waals surface area contributed by atoms with Crippen molar-refractivity contribution in [2.75, 3.05) is 38.2 Å². The summed E-state index contributed by atoms with van der Waals surface area (Å²) in [5.41, 5.74) is 6.58. The number of anilines is 1. The van der Waals surface area contributed by atoms with Crippen LogP contribution < -0.4 is 36.5 Å². The molecule has 6 N–H and O–H groups in total. The number of aromatic amines is 1. The van der Waals surface area contributed by atoms with Crippen molar-refractivity contribution in [3.05, 3.63) is 103 Å². The van der Waals surface area contributed by atoms with Crippen LogP contribution >= 0.6 is 0 Å². The molecule has 5 aliphatic rings. The van der Waals surface area contributed by atoms with Crippen LogP contribution in [0, 0.1) is 24.0 Å². The second-order valence-electron chi connectivity index (χ2n) is 17.1. The molecule has 3 atom stereocenters. The smallest absolute Gasteiger partial charge is 0.347 e. The van der Waals surface area contributed by atoms with Gasteiger partial charge in [0.2, 0.25) is 5.43 Å². The third kappa shape index (κ3) is 9.40. The fourth-order valence-corrected chi connectivity index (χ4v) is 9.42. The molecular formula is C47H54F2N6O11. The molecule has 0 radical (unpaired) electrons. The molecule has 2 fully saturated rings. The minimum atomic E-state index is -1.42. The molecule has 1 saturated heterocycles. The summed E-state index contributed by atoms with van der Waals surface area (Å²) in [6.07, 6.45) is 14.4. The fraction of sp³-hybridized carbons (Fsp3) is 0.447. The molecule has 10 rings (SSSR count). The van der Waals surface area contributed by atoms with Crippen molar-refractivity contribution in [1.82, 2.24) is 20.1 Å². The Morgan fingerprint density at radius 1 is 1.11 bits per heavy atom. The number of methoxy groups -OCH3 is 1. The highest BCUT2D eigenvalue weighted by atomic mass is 19.1. The number of carboxylic acids is 2. The molecule has 0 amide bonds. The van der Waals surface area contributed by atoms with E-state index < -0.39 is 46.5 Å². The number of carbonyl (C=O) groups excluding carboxylic acids is 1. The van der Waals surface area contributed by atoms with E-state index in [0.717, 1.165) is 43.5 Å². The molecule has 17 nitrogen and oxygen atoms in total. The Hall–Kier alpha value is -6.60. The summed E-state index contributed by atoms with van der Waals surface area (Å²) in [7, 11) is 1.54. The zero-order chi connectivity index (χ0) is 47.4. The Kier molecular flexibility index (Phi) is 14.3. The average Bonchev–Trinajstić information content (AvgIpc) is 4.11. The zero-order valence-electron chi connectivity index (χ0n) is 37.2. The molecule has 2 aliphatic carbocycles. The molecule has 5 aromatic rings. The number of aromatic carboxylic acids is 1. The molecule has 2 aromatic carbocycles. The number of H-pyrrole nitrogens is 1. The van der Waals surface area contributed by atoms with Crippen molar-refractivity contribution >= 4 is 45.3 Å². The molecule has 0 spiro atoms. The van der Waals surface area contributed by atoms with Crippen molar-refractivity contribution in [2.45, 2.75) is 96.9 Å². The van der Waals surface area contributed by atoms with E-state index in [-0.39, 0.29) is 58.3 Å². The number of rotatable bonds is 7. The number of nitrogens with one attached hydrogen (secondary N) is 2. The zero-order valence-corrected chi connectivity index (χ0v) is 37.2. The summed E-state index contributed by atoms with van der Waals surface area (Å²) in [5.74, 6) is -3.00. The monoisotopic (exact) mass is 916 g/mol. The number of halogens is 2. The lowest BCUT2D eigenvalue weighted by atomic mass is 9.72. The van der Waals surface area contributed by atoms with E-state index in [1.54, 1.807) is 37.5 Å². The molecule has 3 aromatic heterocycles. The van der Waals surface area contributed by atoms with Gasteiger partial charge in [-0.15, -0.1) is 0 Å². The SMILES string of the molecule is CCn1cc(C(=O)O)c(=O)c2cc(F)c(N3CCNC(C)C3)c(F)c21.COc1cc2c(c3oc(=O)c4c(c13)CCC4=O)C1C=COC1O2.Cc1cn[nH]c1.NCC1(CC(=O)O)CCCCC1. The van der Waals surface area contributed by atoms with Crippen LogP contribution in [0.3, 0.4) is 0 Å². The molecular weight excluding hydrogens is 863 g/mol. The number of ketones is 1. The lowest BCUT2D eigenvalue weighted by molar-refractivity contribution is -0.140. The van der Waals surface area contributed by atoms with Gasteiger partial charge in [0.15, 0.2) is 11.6 Å². The Balaban J connectivity index is 0.000000145. The molecule has 352 valence electrons. The van der Waals surface area contributed by atoms with Crippen LogP contribution in [0.4, 0.5) is 14.5 Å². The number of carboxylic acid groups (broad SMARTS) is 2. The quantitative estimate of drug-likeness (QED) is 0.115. The van der Waals surface area contributed by atoms with E-state index in [1.165, 1.54) is 16.6 Å². The van der Waals surface area contributed by atoms with Crippen molar-refractivity contribution in [1.29, 1.82) is 0 Å². The van der Waals surface area contributed by atoms with Crippen LogP contribution in [0.15, 0.2) is 57.1 Å². The largest absolute Gasteiger partial charge is 0.496 e. The molecule has 0 bridgehead atoms. The standard InChI is InChI=1S/C17H19F2N3O3.C17H12O6.C9H17NO2.C4H6N2/c1-3-21-8-11(17(24)25)16(23)10-6-12(18)15(13(19)14(10)21)22-5-4-20-9(2)7-22;1-20-10-6-11-14(8-4-5-21-17(8)22-11)15-13(10)7-2-3-9(18)12(7)16(19)23-15;10-7-9(6-8(11)12)4-2-1-3-5-9;1-4-2-5-6-3-4/h6,8-9,20H,3-5,7H2,1-2H3,(H,24,25);4-6,8,17H,2-3H2,1H3;1-7,10H2,(H,11,12);2-3H,1H3,(H,5,6). The van der Waals surface area contributed by atoms with E-state index in [1.807, 2.05) is 26.1 Å². The van der Waals surface area contributed by atoms with Gasteiger partial charge in [-0.2, -0.15) is 5.10 Å². The highest BCUT2D eigenvalue weighted by Crippen LogP contribution is 2.50. The normalized spacial score (nSPS) is 19.8. The van der Waals surface area contributed by atoms with E-state index in [2.05, 4.69) is 15.5 Å². The highest BCUT2D eigenvalue weighted by Gasteiger charge is 2.42. The van der Waals surface area contributed by atoms with Crippen molar-refractivity contribution in [2.24, 2.45) is 11.1 Å². The number of hydrogen-bond donors (Lipinski definition) is 5. The third-order valence-corrected chi connectivity index (χ3v) is 12.7. The molecule has 6 heterocycles. The topological polar surface area (TPSA) is 242 Å². The highest BCUT2D eigenvalue weighted by molar-refractivity contribution is 6.06. The molecule has 3 unspecified atom stereocenters. The Morgan fingerprint density at radius 2 is 1.86 bits per heavy atom. The minimum absolute atomic E-state index is 0.0694. The Labute approximate surface area is 377 Å². The number of ether oxygens (including phenoxy) is 3. The number of pyridine rings is 1. The summed E-state index contributed by atoms with van der Waals surface area (Å²) in [6.45, 7) is 7.85. The number of nitrogens with zero attached hydrogens (tertiary/aromatic N) is 3. The molecule has 3 aliphatic heterocycles. The number of aliphatic carboxylic acids is 1. The second-order valence-corrected chi connectivity index (χ2v) is 17.1. The van der Waals surface area contributed by atoms with Gasteiger partial charge in [0.05, 0.1) is 53.8 Å². The number of nitrogens with two attached hydrogens (primary N) is 1. The van der Waals surface area contributed by atoms with Crippen LogP contribution in [0.25, 0.3) is 21.9 Å². The summed E-state index contributed by atoms with van der Waals surface area (Å²) in [5, 5.41) is 27.9. The van der Waals surface area contributed by atoms with Gasteiger partial charge in [-0.3, -0.25) is 19.5 Å². The fourth-order valence-electron chi connectivity index (χ4n) is 9.42. The average molecular weight is 917 g/mol. The molecule has 66 heavy (non-hydrogen) atoms. The van der Waals surface area contributed by atoms with Gasteiger partial charge in [-0.1, -0.05) is 19.3 Å². The number of carbonyl (C=O) groups is 3. The first-order valence-corrected chi connectivity index (χ1v) is 22.0.